The summed E-state index contributed by atoms with van der Waals surface area (Å²) in [6.45, 7) is 5.14. The van der Waals surface area contributed by atoms with Crippen LogP contribution in [0, 0.1) is 12.8 Å². The van der Waals surface area contributed by atoms with E-state index in [-0.39, 0.29) is 12.5 Å². The third-order valence-corrected chi connectivity index (χ3v) is 3.91. The molecule has 2 aromatic rings. The second-order valence-corrected chi connectivity index (χ2v) is 6.68. The van der Waals surface area contributed by atoms with Gasteiger partial charge in [-0.1, -0.05) is 32.0 Å². The Kier molecular flexibility index (Phi) is 6.70. The highest BCUT2D eigenvalue weighted by Crippen LogP contribution is 2.11. The van der Waals surface area contributed by atoms with Crippen molar-refractivity contribution >= 4 is 17.8 Å². The Hall–Kier alpha value is -3.16. The van der Waals surface area contributed by atoms with Crippen molar-refractivity contribution in [2.75, 3.05) is 6.54 Å². The summed E-state index contributed by atoms with van der Waals surface area (Å²) in [6.07, 6.45) is 1.91. The van der Waals surface area contributed by atoms with Crippen LogP contribution in [0.4, 0.5) is 0 Å². The zero-order valence-electron chi connectivity index (χ0n) is 15.6. The number of benzene rings is 1. The smallest absolute Gasteiger partial charge is 0.326 e. The maximum Gasteiger partial charge on any atom is 0.326 e. The number of para-hydroxylation sites is 1. The minimum absolute atomic E-state index is 0.118. The van der Waals surface area contributed by atoms with Gasteiger partial charge in [-0.25, -0.2) is 9.48 Å². The number of aryl methyl sites for hydroxylation is 1. The summed E-state index contributed by atoms with van der Waals surface area (Å²) in [4.78, 5) is 35.5. The molecule has 0 spiro atoms. The Morgan fingerprint density at radius 1 is 1.19 bits per heavy atom. The lowest BCUT2D eigenvalue weighted by Gasteiger charge is -2.16. The minimum Gasteiger partial charge on any atom is -0.480 e. The van der Waals surface area contributed by atoms with Crippen molar-refractivity contribution in [3.05, 3.63) is 47.8 Å². The number of aliphatic carboxylic acids is 1. The molecule has 0 aliphatic heterocycles. The third kappa shape index (κ3) is 5.67. The van der Waals surface area contributed by atoms with Crippen LogP contribution < -0.4 is 10.6 Å². The van der Waals surface area contributed by atoms with Gasteiger partial charge in [0.25, 0.3) is 5.91 Å². The number of carbonyl (C=O) groups excluding carboxylic acids is 2. The summed E-state index contributed by atoms with van der Waals surface area (Å²) >= 11 is 0. The van der Waals surface area contributed by atoms with E-state index in [0.717, 1.165) is 5.69 Å². The van der Waals surface area contributed by atoms with Gasteiger partial charge >= 0.3 is 5.97 Å². The van der Waals surface area contributed by atoms with E-state index in [9.17, 15) is 14.4 Å². The third-order valence-electron chi connectivity index (χ3n) is 3.91. The van der Waals surface area contributed by atoms with Gasteiger partial charge in [-0.3, -0.25) is 9.59 Å². The van der Waals surface area contributed by atoms with Crippen LogP contribution in [0.15, 0.2) is 36.5 Å². The molecule has 8 heteroatoms. The normalized spacial score (nSPS) is 11.9. The lowest BCUT2D eigenvalue weighted by atomic mass is 10.0. The molecule has 27 heavy (non-hydrogen) atoms. The number of hydrogen-bond donors (Lipinski definition) is 3. The molecule has 0 saturated heterocycles. The number of hydrogen-bond acceptors (Lipinski definition) is 4. The Labute approximate surface area is 157 Å². The summed E-state index contributed by atoms with van der Waals surface area (Å²) in [5.41, 5.74) is 1.69. The van der Waals surface area contributed by atoms with E-state index >= 15 is 0 Å². The van der Waals surface area contributed by atoms with Crippen molar-refractivity contribution in [3.63, 3.8) is 0 Å². The lowest BCUT2D eigenvalue weighted by Crippen LogP contribution is -2.46. The van der Waals surface area contributed by atoms with Gasteiger partial charge in [0.05, 0.1) is 23.5 Å². The first-order valence-corrected chi connectivity index (χ1v) is 8.70. The first kappa shape index (κ1) is 20.2. The van der Waals surface area contributed by atoms with E-state index in [1.807, 2.05) is 44.2 Å². The van der Waals surface area contributed by atoms with E-state index in [0.29, 0.717) is 17.7 Å². The van der Waals surface area contributed by atoms with Crippen LogP contribution >= 0.6 is 0 Å². The van der Waals surface area contributed by atoms with Crippen LogP contribution in [0.2, 0.25) is 0 Å². The predicted octanol–water partition coefficient (Wildman–Crippen LogP) is 1.53. The zero-order valence-corrected chi connectivity index (χ0v) is 15.6. The van der Waals surface area contributed by atoms with Gasteiger partial charge < -0.3 is 15.7 Å². The Bertz CT molecular complexity index is 814. The number of aromatic nitrogens is 2. The molecule has 1 heterocycles. The van der Waals surface area contributed by atoms with Crippen LogP contribution in [0.5, 0.6) is 0 Å². The van der Waals surface area contributed by atoms with Crippen molar-refractivity contribution in [2.45, 2.75) is 33.2 Å². The molecule has 0 fully saturated rings. The van der Waals surface area contributed by atoms with Crippen LogP contribution in [-0.2, 0) is 9.59 Å². The molecule has 0 radical (unpaired) electrons. The average molecular weight is 372 g/mol. The molecule has 1 aromatic carbocycles. The number of carboxylic acid groups (broad SMARTS) is 1. The molecule has 144 valence electrons. The fourth-order valence-electron chi connectivity index (χ4n) is 2.59. The number of carbonyl (C=O) groups is 3. The molecule has 1 aromatic heterocycles. The molecule has 8 nitrogen and oxygen atoms in total. The number of rotatable bonds is 8. The SMILES string of the molecule is Cc1nn(-c2ccccc2)cc1C(=O)NCC(=O)N[C@@H](CC(C)C)C(=O)O. The summed E-state index contributed by atoms with van der Waals surface area (Å²) in [7, 11) is 0. The topological polar surface area (TPSA) is 113 Å². The minimum atomic E-state index is -1.09. The highest BCUT2D eigenvalue weighted by molar-refractivity contribution is 5.97. The number of nitrogens with zero attached hydrogens (tertiary/aromatic N) is 2. The van der Waals surface area contributed by atoms with Gasteiger partial charge in [0.15, 0.2) is 0 Å². The molecule has 0 aliphatic carbocycles. The van der Waals surface area contributed by atoms with Crippen molar-refractivity contribution < 1.29 is 19.5 Å². The zero-order chi connectivity index (χ0) is 20.0. The molecule has 2 rings (SSSR count). The first-order valence-electron chi connectivity index (χ1n) is 8.70. The van der Waals surface area contributed by atoms with Crippen molar-refractivity contribution in [1.82, 2.24) is 20.4 Å². The Morgan fingerprint density at radius 3 is 2.44 bits per heavy atom. The number of nitrogens with one attached hydrogen (secondary N) is 2. The van der Waals surface area contributed by atoms with Gasteiger partial charge in [-0.15, -0.1) is 0 Å². The molecular weight excluding hydrogens is 348 g/mol. The standard InChI is InChI=1S/C19H24N4O4/c1-12(2)9-16(19(26)27)21-17(24)10-20-18(25)15-11-23(22-13(15)3)14-7-5-4-6-8-14/h4-8,11-12,16H,9-10H2,1-3H3,(H,20,25)(H,21,24)(H,26,27)/t16-/m0/s1. The van der Waals surface area contributed by atoms with E-state index in [1.165, 1.54) is 0 Å². The average Bonchev–Trinajstić information content (AvgIpc) is 3.01. The second-order valence-electron chi connectivity index (χ2n) is 6.68. The predicted molar refractivity (Wildman–Crippen MR) is 99.7 cm³/mol. The summed E-state index contributed by atoms with van der Waals surface area (Å²) < 4.78 is 1.59. The van der Waals surface area contributed by atoms with Crippen molar-refractivity contribution in [1.29, 1.82) is 0 Å². The molecule has 0 unspecified atom stereocenters. The largest absolute Gasteiger partial charge is 0.480 e. The highest BCUT2D eigenvalue weighted by atomic mass is 16.4. The van der Waals surface area contributed by atoms with Gasteiger partial charge in [-0.05, 0) is 31.4 Å². The lowest BCUT2D eigenvalue weighted by molar-refractivity contribution is -0.142. The van der Waals surface area contributed by atoms with Crippen LogP contribution in [0.3, 0.4) is 0 Å². The van der Waals surface area contributed by atoms with Gasteiger partial charge in [0.2, 0.25) is 5.91 Å². The van der Waals surface area contributed by atoms with Crippen LogP contribution in [0.1, 0.15) is 36.3 Å². The van der Waals surface area contributed by atoms with E-state index in [4.69, 9.17) is 5.11 Å². The molecule has 0 bridgehead atoms. The molecule has 3 N–H and O–H groups in total. The molecule has 2 amide bonds. The first-order chi connectivity index (χ1) is 12.8. The van der Waals surface area contributed by atoms with Crippen molar-refractivity contribution in [2.24, 2.45) is 5.92 Å². The summed E-state index contributed by atoms with van der Waals surface area (Å²) in [5, 5.41) is 18.4. The Morgan fingerprint density at radius 2 is 1.85 bits per heavy atom. The van der Waals surface area contributed by atoms with Gasteiger partial charge in [-0.2, -0.15) is 5.10 Å². The van der Waals surface area contributed by atoms with E-state index in [1.54, 1.807) is 17.8 Å². The number of amides is 2. The Balaban J connectivity index is 1.96. The molecule has 1 atom stereocenters. The highest BCUT2D eigenvalue weighted by Gasteiger charge is 2.21. The maximum atomic E-state index is 12.4. The molecule has 0 aliphatic rings. The molecular formula is C19H24N4O4. The fourth-order valence-corrected chi connectivity index (χ4v) is 2.59. The van der Waals surface area contributed by atoms with Crippen molar-refractivity contribution in [3.8, 4) is 5.69 Å². The summed E-state index contributed by atoms with van der Waals surface area (Å²) in [6, 6.07) is 8.37. The maximum absolute atomic E-state index is 12.4. The number of carboxylic acids is 1. The van der Waals surface area contributed by atoms with Gasteiger partial charge in [0, 0.05) is 6.20 Å². The summed E-state index contributed by atoms with van der Waals surface area (Å²) in [5.74, 6) is -1.97. The second kappa shape index (κ2) is 8.98. The fraction of sp³-hybridized carbons (Fsp3) is 0.368. The van der Waals surface area contributed by atoms with Crippen LogP contribution in [0.25, 0.3) is 5.69 Å². The van der Waals surface area contributed by atoms with Gasteiger partial charge in [0.1, 0.15) is 6.04 Å². The van der Waals surface area contributed by atoms with E-state index < -0.39 is 23.8 Å². The molecule has 0 saturated carbocycles. The quantitative estimate of drug-likeness (QED) is 0.650. The monoisotopic (exact) mass is 372 g/mol. The van der Waals surface area contributed by atoms with Crippen LogP contribution in [-0.4, -0.2) is 45.3 Å². The van der Waals surface area contributed by atoms with E-state index in [2.05, 4.69) is 15.7 Å².